The maximum Gasteiger partial charge on any atom is 0.320 e. The maximum absolute atomic E-state index is 11.9. The molecular formula is C16H22BrNO4. The van der Waals surface area contributed by atoms with Gasteiger partial charge in [-0.2, -0.15) is 0 Å². The molecule has 1 aromatic rings. The van der Waals surface area contributed by atoms with Crippen molar-refractivity contribution in [3.8, 4) is 0 Å². The second-order valence-corrected chi connectivity index (χ2v) is 7.51. The van der Waals surface area contributed by atoms with E-state index in [2.05, 4.69) is 15.9 Å². The van der Waals surface area contributed by atoms with Gasteiger partial charge in [0.1, 0.15) is 22.9 Å². The summed E-state index contributed by atoms with van der Waals surface area (Å²) in [7, 11) is 0. The van der Waals surface area contributed by atoms with Crippen LogP contribution in [0.15, 0.2) is 24.3 Å². The standard InChI is InChI=1S/C16H22BrNO4/c1-16(2,3)22-15(21)12(17)8-9-18-13(19)10-6-4-5-7-11(10)14(18)20/h4-7,12-14,19-20H,8-9H2,1-3H3. The van der Waals surface area contributed by atoms with E-state index in [1.807, 2.05) is 32.9 Å². The zero-order valence-corrected chi connectivity index (χ0v) is 14.6. The first kappa shape index (κ1) is 17.4. The number of aliphatic hydroxyl groups is 2. The monoisotopic (exact) mass is 371 g/mol. The first-order valence-electron chi connectivity index (χ1n) is 7.28. The number of benzene rings is 1. The molecule has 1 heterocycles. The Kier molecular flexibility index (Phi) is 5.27. The van der Waals surface area contributed by atoms with E-state index in [-0.39, 0.29) is 5.97 Å². The molecule has 0 fully saturated rings. The zero-order valence-electron chi connectivity index (χ0n) is 13.0. The third-order valence-corrected chi connectivity index (χ3v) is 4.32. The van der Waals surface area contributed by atoms with Crippen LogP contribution in [0.3, 0.4) is 0 Å². The lowest BCUT2D eigenvalue weighted by atomic mass is 10.1. The highest BCUT2D eigenvalue weighted by atomic mass is 79.9. The Morgan fingerprint density at radius 3 is 2.23 bits per heavy atom. The fourth-order valence-corrected chi connectivity index (χ4v) is 2.76. The van der Waals surface area contributed by atoms with Crippen molar-refractivity contribution in [2.75, 3.05) is 6.54 Å². The van der Waals surface area contributed by atoms with Gasteiger partial charge >= 0.3 is 5.97 Å². The Balaban J connectivity index is 1.94. The molecule has 1 aromatic carbocycles. The van der Waals surface area contributed by atoms with Gasteiger partial charge in [0.15, 0.2) is 0 Å². The predicted octanol–water partition coefficient (Wildman–Crippen LogP) is 2.48. The van der Waals surface area contributed by atoms with Crippen LogP contribution in [-0.4, -0.2) is 38.1 Å². The van der Waals surface area contributed by atoms with Crippen LogP contribution in [0.2, 0.25) is 0 Å². The van der Waals surface area contributed by atoms with Crippen molar-refractivity contribution in [3.63, 3.8) is 0 Å². The molecule has 22 heavy (non-hydrogen) atoms. The van der Waals surface area contributed by atoms with E-state index < -0.39 is 22.9 Å². The average molecular weight is 372 g/mol. The molecule has 0 saturated carbocycles. The van der Waals surface area contributed by atoms with Crippen molar-refractivity contribution in [1.82, 2.24) is 4.90 Å². The molecule has 2 N–H and O–H groups in total. The topological polar surface area (TPSA) is 70.0 Å². The third kappa shape index (κ3) is 3.87. The van der Waals surface area contributed by atoms with Gasteiger partial charge in [-0.05, 0) is 27.2 Å². The van der Waals surface area contributed by atoms with Crippen LogP contribution < -0.4 is 0 Å². The first-order chi connectivity index (χ1) is 10.2. The van der Waals surface area contributed by atoms with Crippen LogP contribution in [0, 0.1) is 0 Å². The van der Waals surface area contributed by atoms with Crippen LogP contribution in [0.5, 0.6) is 0 Å². The summed E-state index contributed by atoms with van der Waals surface area (Å²) in [6, 6.07) is 7.24. The number of alkyl halides is 1. The molecule has 6 heteroatoms. The maximum atomic E-state index is 11.9. The van der Waals surface area contributed by atoms with Gasteiger partial charge in [0, 0.05) is 17.7 Å². The molecule has 1 aliphatic rings. The number of fused-ring (bicyclic) bond motifs is 1. The number of carbonyl (C=O) groups is 1. The lowest BCUT2D eigenvalue weighted by Crippen LogP contribution is -2.33. The molecule has 0 amide bonds. The quantitative estimate of drug-likeness (QED) is 0.628. The number of carbonyl (C=O) groups excluding carboxylic acids is 1. The SMILES string of the molecule is CC(C)(C)OC(=O)C(Br)CCN1C(O)c2ccccc2C1O. The lowest BCUT2D eigenvalue weighted by molar-refractivity contribution is -0.154. The minimum atomic E-state index is -0.857. The molecule has 0 saturated heterocycles. The Morgan fingerprint density at radius 2 is 1.77 bits per heavy atom. The number of hydrogen-bond acceptors (Lipinski definition) is 5. The second kappa shape index (κ2) is 6.66. The average Bonchev–Trinajstić information content (AvgIpc) is 2.67. The molecule has 0 radical (unpaired) electrons. The highest BCUT2D eigenvalue weighted by molar-refractivity contribution is 9.10. The molecule has 2 rings (SSSR count). The first-order valence-corrected chi connectivity index (χ1v) is 8.20. The third-order valence-electron chi connectivity index (χ3n) is 3.48. The van der Waals surface area contributed by atoms with Gasteiger partial charge in [-0.3, -0.25) is 4.79 Å². The Bertz CT molecular complexity index is 514. The van der Waals surface area contributed by atoms with Gasteiger partial charge in [-0.1, -0.05) is 40.2 Å². The second-order valence-electron chi connectivity index (χ2n) is 6.40. The molecule has 0 aliphatic carbocycles. The molecule has 122 valence electrons. The highest BCUT2D eigenvalue weighted by Crippen LogP contribution is 2.39. The van der Waals surface area contributed by atoms with Crippen molar-refractivity contribution >= 4 is 21.9 Å². The fraction of sp³-hybridized carbons (Fsp3) is 0.562. The number of aliphatic hydroxyl groups excluding tert-OH is 2. The smallest absolute Gasteiger partial charge is 0.320 e. The summed E-state index contributed by atoms with van der Waals surface area (Å²) in [5.74, 6) is -0.340. The number of halogens is 1. The molecule has 5 nitrogen and oxygen atoms in total. The minimum absolute atomic E-state index is 0.340. The van der Waals surface area contributed by atoms with Crippen LogP contribution in [0.4, 0.5) is 0 Å². The largest absolute Gasteiger partial charge is 0.459 e. The number of hydrogen-bond donors (Lipinski definition) is 2. The van der Waals surface area contributed by atoms with Gasteiger partial charge in [-0.25, -0.2) is 4.90 Å². The minimum Gasteiger partial charge on any atom is -0.459 e. The van der Waals surface area contributed by atoms with Crippen molar-refractivity contribution in [2.45, 2.75) is 50.1 Å². The summed E-state index contributed by atoms with van der Waals surface area (Å²) in [5, 5.41) is 20.6. The van der Waals surface area contributed by atoms with E-state index in [1.165, 1.54) is 0 Å². The molecule has 1 aliphatic heterocycles. The summed E-state index contributed by atoms with van der Waals surface area (Å²) in [4.78, 5) is 13.0. The van der Waals surface area contributed by atoms with Gasteiger partial charge in [-0.15, -0.1) is 0 Å². The summed E-state index contributed by atoms with van der Waals surface area (Å²) < 4.78 is 5.30. The molecular weight excluding hydrogens is 350 g/mol. The summed E-state index contributed by atoms with van der Waals surface area (Å²) in [6.45, 7) is 5.81. The number of nitrogens with zero attached hydrogens (tertiary/aromatic N) is 1. The number of esters is 1. The van der Waals surface area contributed by atoms with Crippen LogP contribution in [-0.2, 0) is 9.53 Å². The van der Waals surface area contributed by atoms with Crippen LogP contribution in [0.1, 0.15) is 50.8 Å². The summed E-state index contributed by atoms with van der Waals surface area (Å²) in [5.41, 5.74) is 0.878. The molecule has 3 atom stereocenters. The molecule has 0 bridgehead atoms. The van der Waals surface area contributed by atoms with Gasteiger partial charge in [0.2, 0.25) is 0 Å². The Hall–Kier alpha value is -0.950. The molecule has 0 aromatic heterocycles. The van der Waals surface area contributed by atoms with E-state index >= 15 is 0 Å². The van der Waals surface area contributed by atoms with Crippen LogP contribution in [0.25, 0.3) is 0 Å². The lowest BCUT2D eigenvalue weighted by Gasteiger charge is -2.26. The highest BCUT2D eigenvalue weighted by Gasteiger charge is 2.36. The summed E-state index contributed by atoms with van der Waals surface area (Å²) in [6.07, 6.45) is -1.29. The van der Waals surface area contributed by atoms with Gasteiger partial charge in [0.25, 0.3) is 0 Å². The van der Waals surface area contributed by atoms with E-state index in [4.69, 9.17) is 4.74 Å². The zero-order chi connectivity index (χ0) is 16.5. The molecule has 3 unspecified atom stereocenters. The number of rotatable bonds is 4. The van der Waals surface area contributed by atoms with E-state index in [0.29, 0.717) is 24.1 Å². The van der Waals surface area contributed by atoms with Crippen molar-refractivity contribution in [1.29, 1.82) is 0 Å². The number of ether oxygens (including phenoxy) is 1. The fourth-order valence-electron chi connectivity index (χ4n) is 2.46. The van der Waals surface area contributed by atoms with E-state index in [0.717, 1.165) is 0 Å². The van der Waals surface area contributed by atoms with E-state index in [9.17, 15) is 15.0 Å². The van der Waals surface area contributed by atoms with Crippen LogP contribution >= 0.6 is 15.9 Å². The van der Waals surface area contributed by atoms with Gasteiger partial charge < -0.3 is 14.9 Å². The molecule has 0 spiro atoms. The van der Waals surface area contributed by atoms with Crippen molar-refractivity contribution < 1.29 is 19.7 Å². The van der Waals surface area contributed by atoms with E-state index in [1.54, 1.807) is 17.0 Å². The Morgan fingerprint density at radius 1 is 1.27 bits per heavy atom. The predicted molar refractivity (Wildman–Crippen MR) is 86.2 cm³/mol. The summed E-state index contributed by atoms with van der Waals surface area (Å²) >= 11 is 3.31. The normalized spacial score (nSPS) is 23.2. The Labute approximate surface area is 139 Å². The van der Waals surface area contributed by atoms with Crippen molar-refractivity contribution in [2.24, 2.45) is 0 Å². The van der Waals surface area contributed by atoms with Crippen molar-refractivity contribution in [3.05, 3.63) is 35.4 Å². The van der Waals surface area contributed by atoms with Gasteiger partial charge in [0.05, 0.1) is 0 Å².